The third kappa shape index (κ3) is 4.33. The van der Waals surface area contributed by atoms with Gasteiger partial charge in [0, 0.05) is 43.5 Å². The Hall–Kier alpha value is -2.96. The highest BCUT2D eigenvalue weighted by Crippen LogP contribution is 2.29. The molecule has 3 aromatic rings. The molecule has 1 aliphatic carbocycles. The highest BCUT2D eigenvalue weighted by atomic mass is 19.1. The fraction of sp³-hybridized carbons (Fsp3) is 0.480. The number of anilines is 1. The smallest absolute Gasteiger partial charge is 0.253 e. The molecule has 0 radical (unpaired) electrons. The molecule has 3 heterocycles. The number of piperidine rings is 1. The summed E-state index contributed by atoms with van der Waals surface area (Å²) in [6.45, 7) is 2.66. The number of rotatable bonds is 5. The van der Waals surface area contributed by atoms with Gasteiger partial charge in [0.15, 0.2) is 0 Å². The SMILES string of the molecule is O=C(NC1CCCCC1)c1cn(CC2CCN(c3ccncn3)CC2)c2cccc(F)c12. The molecule has 5 rings (SSSR count). The normalized spacial score (nSPS) is 18.2. The first-order valence-corrected chi connectivity index (χ1v) is 11.8. The molecule has 2 fully saturated rings. The van der Waals surface area contributed by atoms with Gasteiger partial charge in [0.25, 0.3) is 5.91 Å². The van der Waals surface area contributed by atoms with Gasteiger partial charge in [0.05, 0.1) is 11.1 Å². The van der Waals surface area contributed by atoms with Gasteiger partial charge in [-0.1, -0.05) is 25.3 Å². The van der Waals surface area contributed by atoms with Crippen LogP contribution in [0.4, 0.5) is 10.2 Å². The number of aromatic nitrogens is 3. The van der Waals surface area contributed by atoms with Crippen molar-refractivity contribution in [3.05, 3.63) is 54.4 Å². The maximum atomic E-state index is 14.8. The molecular formula is C25H30FN5O. The van der Waals surface area contributed by atoms with E-state index < -0.39 is 0 Å². The maximum Gasteiger partial charge on any atom is 0.253 e. The first-order chi connectivity index (χ1) is 15.7. The number of fused-ring (bicyclic) bond motifs is 1. The molecule has 0 unspecified atom stereocenters. The Morgan fingerprint density at radius 2 is 1.91 bits per heavy atom. The fourth-order valence-electron chi connectivity index (χ4n) is 5.24. The van der Waals surface area contributed by atoms with Crippen LogP contribution in [0.3, 0.4) is 0 Å². The van der Waals surface area contributed by atoms with Gasteiger partial charge in [-0.25, -0.2) is 14.4 Å². The summed E-state index contributed by atoms with van der Waals surface area (Å²) in [5, 5.41) is 3.60. The lowest BCUT2D eigenvalue weighted by Gasteiger charge is -2.33. The van der Waals surface area contributed by atoms with E-state index >= 15 is 0 Å². The second-order valence-electron chi connectivity index (χ2n) is 9.14. The van der Waals surface area contributed by atoms with Crippen molar-refractivity contribution in [1.29, 1.82) is 0 Å². The standard InChI is InChI=1S/C25H30FN5O/c26-21-7-4-8-22-24(21)20(25(32)29-19-5-2-1-3-6-19)16-31(22)15-18-10-13-30(14-11-18)23-9-12-27-17-28-23/h4,7-9,12,16-19H,1-3,5-6,10-11,13-15H2,(H,29,32). The van der Waals surface area contributed by atoms with Gasteiger partial charge in [0.2, 0.25) is 0 Å². The van der Waals surface area contributed by atoms with Gasteiger partial charge in [-0.05, 0) is 49.8 Å². The van der Waals surface area contributed by atoms with Crippen LogP contribution in [-0.4, -0.2) is 39.6 Å². The molecule has 0 bridgehead atoms. The molecular weight excluding hydrogens is 405 g/mol. The van der Waals surface area contributed by atoms with Gasteiger partial charge in [-0.15, -0.1) is 0 Å². The highest BCUT2D eigenvalue weighted by molar-refractivity contribution is 6.07. The predicted molar refractivity (Wildman–Crippen MR) is 123 cm³/mol. The van der Waals surface area contributed by atoms with E-state index in [-0.39, 0.29) is 17.8 Å². The third-order valence-corrected chi connectivity index (χ3v) is 7.00. The van der Waals surface area contributed by atoms with Crippen LogP contribution in [0.2, 0.25) is 0 Å². The largest absolute Gasteiger partial charge is 0.357 e. The molecule has 2 aliphatic rings. The molecule has 0 spiro atoms. The van der Waals surface area contributed by atoms with Crippen molar-refractivity contribution >= 4 is 22.6 Å². The van der Waals surface area contributed by atoms with E-state index in [1.54, 1.807) is 18.6 Å². The zero-order valence-electron chi connectivity index (χ0n) is 18.3. The first-order valence-electron chi connectivity index (χ1n) is 11.8. The first kappa shape index (κ1) is 20.9. The maximum absolute atomic E-state index is 14.8. The molecule has 1 aromatic carbocycles. The zero-order chi connectivity index (χ0) is 21.9. The summed E-state index contributed by atoms with van der Waals surface area (Å²) < 4.78 is 16.9. The molecule has 1 saturated carbocycles. The molecule has 6 nitrogen and oxygen atoms in total. The van der Waals surface area contributed by atoms with Crippen molar-refractivity contribution in [1.82, 2.24) is 19.9 Å². The van der Waals surface area contributed by atoms with Crippen molar-refractivity contribution in [3.8, 4) is 0 Å². The average Bonchev–Trinajstić information content (AvgIpc) is 3.21. The Labute approximate surface area is 187 Å². The van der Waals surface area contributed by atoms with Crippen molar-refractivity contribution in [2.24, 2.45) is 5.92 Å². The van der Waals surface area contributed by atoms with Gasteiger partial charge < -0.3 is 14.8 Å². The summed E-state index contributed by atoms with van der Waals surface area (Å²) in [6.07, 6.45) is 12.8. The number of carbonyl (C=O) groups excluding carboxylic acids is 1. The van der Waals surface area contributed by atoms with Crippen LogP contribution in [0.25, 0.3) is 10.9 Å². The van der Waals surface area contributed by atoms with Crippen molar-refractivity contribution in [2.45, 2.75) is 57.5 Å². The molecule has 2 aromatic heterocycles. The summed E-state index contributed by atoms with van der Waals surface area (Å²) in [7, 11) is 0. The predicted octanol–water partition coefficient (Wildman–Crippen LogP) is 4.55. The van der Waals surface area contributed by atoms with E-state index in [4.69, 9.17) is 0 Å². The molecule has 1 amide bonds. The zero-order valence-corrected chi connectivity index (χ0v) is 18.3. The van der Waals surface area contributed by atoms with Gasteiger partial charge >= 0.3 is 0 Å². The molecule has 1 saturated heterocycles. The van der Waals surface area contributed by atoms with E-state index in [9.17, 15) is 9.18 Å². The molecule has 0 atom stereocenters. The number of hydrogen-bond acceptors (Lipinski definition) is 4. The van der Waals surface area contributed by atoms with Crippen molar-refractivity contribution < 1.29 is 9.18 Å². The number of halogens is 1. The lowest BCUT2D eigenvalue weighted by molar-refractivity contribution is 0.0929. The number of carbonyl (C=O) groups is 1. The molecule has 7 heteroatoms. The minimum atomic E-state index is -0.325. The molecule has 1 N–H and O–H groups in total. The van der Waals surface area contributed by atoms with Crippen LogP contribution >= 0.6 is 0 Å². The van der Waals surface area contributed by atoms with Crippen LogP contribution < -0.4 is 10.2 Å². The van der Waals surface area contributed by atoms with Crippen LogP contribution in [-0.2, 0) is 6.54 Å². The minimum absolute atomic E-state index is 0.149. The number of nitrogens with one attached hydrogen (secondary N) is 1. The molecule has 1 aliphatic heterocycles. The highest BCUT2D eigenvalue weighted by Gasteiger charge is 2.25. The Balaban J connectivity index is 1.32. The fourth-order valence-corrected chi connectivity index (χ4v) is 5.24. The van der Waals surface area contributed by atoms with E-state index in [1.165, 1.54) is 12.5 Å². The minimum Gasteiger partial charge on any atom is -0.357 e. The van der Waals surface area contributed by atoms with E-state index in [1.807, 2.05) is 18.3 Å². The van der Waals surface area contributed by atoms with Crippen molar-refractivity contribution in [2.75, 3.05) is 18.0 Å². The topological polar surface area (TPSA) is 63.1 Å². The van der Waals surface area contributed by atoms with E-state index in [0.29, 0.717) is 16.9 Å². The van der Waals surface area contributed by atoms with Crippen LogP contribution in [0.1, 0.15) is 55.3 Å². The monoisotopic (exact) mass is 435 g/mol. The summed E-state index contributed by atoms with van der Waals surface area (Å²) in [5.41, 5.74) is 1.26. The lowest BCUT2D eigenvalue weighted by atomic mass is 9.95. The van der Waals surface area contributed by atoms with Crippen molar-refractivity contribution in [3.63, 3.8) is 0 Å². The molecule has 168 valence electrons. The number of nitrogens with zero attached hydrogens (tertiary/aromatic N) is 4. The van der Waals surface area contributed by atoms with Gasteiger partial charge in [-0.3, -0.25) is 4.79 Å². The Morgan fingerprint density at radius 1 is 1.09 bits per heavy atom. The average molecular weight is 436 g/mol. The van der Waals surface area contributed by atoms with Crippen LogP contribution in [0.5, 0.6) is 0 Å². The summed E-state index contributed by atoms with van der Waals surface area (Å²) in [6, 6.07) is 7.25. The van der Waals surface area contributed by atoms with Crippen LogP contribution in [0, 0.1) is 11.7 Å². The lowest BCUT2D eigenvalue weighted by Crippen LogP contribution is -2.36. The molecule has 32 heavy (non-hydrogen) atoms. The summed E-state index contributed by atoms with van der Waals surface area (Å²) in [5.74, 6) is 0.966. The number of amides is 1. The second-order valence-corrected chi connectivity index (χ2v) is 9.14. The quantitative estimate of drug-likeness (QED) is 0.639. The number of hydrogen-bond donors (Lipinski definition) is 1. The van der Waals surface area contributed by atoms with Gasteiger partial charge in [0.1, 0.15) is 18.0 Å². The second kappa shape index (κ2) is 9.27. The number of benzene rings is 1. The van der Waals surface area contributed by atoms with Crippen LogP contribution in [0.15, 0.2) is 43.0 Å². The summed E-state index contributed by atoms with van der Waals surface area (Å²) >= 11 is 0. The van der Waals surface area contributed by atoms with E-state index in [2.05, 4.69) is 24.8 Å². The van der Waals surface area contributed by atoms with E-state index in [0.717, 1.165) is 69.5 Å². The Morgan fingerprint density at radius 3 is 2.66 bits per heavy atom. The summed E-state index contributed by atoms with van der Waals surface area (Å²) in [4.78, 5) is 23.7. The third-order valence-electron chi connectivity index (χ3n) is 7.00. The Bertz CT molecular complexity index is 1070. The van der Waals surface area contributed by atoms with Gasteiger partial charge in [-0.2, -0.15) is 0 Å². The Kier molecular flexibility index (Phi) is 6.06.